The van der Waals surface area contributed by atoms with Crippen molar-refractivity contribution in [2.24, 2.45) is 7.05 Å². The molecule has 3 nitrogen and oxygen atoms in total. The summed E-state index contributed by atoms with van der Waals surface area (Å²) < 4.78 is 1.65. The number of aromatic nitrogens is 1. The highest BCUT2D eigenvalue weighted by Crippen LogP contribution is 2.12. The number of carbonyl (C=O) groups excluding carboxylic acids is 1. The van der Waals surface area contributed by atoms with Gasteiger partial charge in [-0.3, -0.25) is 4.79 Å². The van der Waals surface area contributed by atoms with E-state index in [9.17, 15) is 4.79 Å². The molecule has 0 aliphatic heterocycles. The number of halogens is 1. The van der Waals surface area contributed by atoms with E-state index in [4.69, 9.17) is 18.0 Å². The van der Waals surface area contributed by atoms with Gasteiger partial charge in [0.2, 0.25) is 0 Å². The molecule has 0 unspecified atom stereocenters. The smallest absolute Gasteiger partial charge is 0.268 e. The molecule has 68 valence electrons. The van der Waals surface area contributed by atoms with Crippen LogP contribution < -0.4 is 5.32 Å². The van der Waals surface area contributed by atoms with E-state index in [1.165, 1.54) is 0 Å². The van der Waals surface area contributed by atoms with Crippen LogP contribution in [0, 0.1) is 12.3 Å². The lowest BCUT2D eigenvalue weighted by Crippen LogP contribution is -2.25. The van der Waals surface area contributed by atoms with Gasteiger partial charge in [0.25, 0.3) is 5.91 Å². The fraction of sp³-hybridized carbons (Fsp3) is 0.222. The maximum Gasteiger partial charge on any atom is 0.268 e. The maximum absolute atomic E-state index is 11.4. The summed E-state index contributed by atoms with van der Waals surface area (Å²) in [6.07, 6.45) is 6.66. The standard InChI is InChI=1S/C9H9ClN2O/c1-3-4-11-9(13)8-5-7(10)6-12(8)2/h1,5-6H,4H2,2H3,(H,11,13). The molecule has 13 heavy (non-hydrogen) atoms. The molecule has 0 atom stereocenters. The molecule has 1 aromatic heterocycles. The molecule has 0 spiro atoms. The number of aryl methyl sites for hydroxylation is 1. The lowest BCUT2D eigenvalue weighted by molar-refractivity contribution is 0.0950. The van der Waals surface area contributed by atoms with Crippen molar-refractivity contribution in [1.82, 2.24) is 9.88 Å². The molecule has 0 saturated heterocycles. The average Bonchev–Trinajstić information content (AvgIpc) is 2.41. The van der Waals surface area contributed by atoms with Crippen molar-refractivity contribution in [3.63, 3.8) is 0 Å². The van der Waals surface area contributed by atoms with Gasteiger partial charge in [0.05, 0.1) is 11.6 Å². The van der Waals surface area contributed by atoms with Gasteiger partial charge in [-0.1, -0.05) is 17.5 Å². The van der Waals surface area contributed by atoms with Crippen molar-refractivity contribution in [2.45, 2.75) is 0 Å². The summed E-state index contributed by atoms with van der Waals surface area (Å²) in [6.45, 7) is 0.224. The summed E-state index contributed by atoms with van der Waals surface area (Å²) in [7, 11) is 1.75. The normalized spacial score (nSPS) is 9.31. The van der Waals surface area contributed by atoms with Crippen LogP contribution in [0.5, 0.6) is 0 Å². The minimum absolute atomic E-state index is 0.215. The summed E-state index contributed by atoms with van der Waals surface area (Å²) >= 11 is 5.70. The first kappa shape index (κ1) is 9.69. The second kappa shape index (κ2) is 4.01. The fourth-order valence-corrected chi connectivity index (χ4v) is 1.22. The van der Waals surface area contributed by atoms with Crippen molar-refractivity contribution < 1.29 is 4.79 Å². The van der Waals surface area contributed by atoms with Crippen molar-refractivity contribution in [1.29, 1.82) is 0 Å². The quantitative estimate of drug-likeness (QED) is 0.705. The second-order valence-electron chi connectivity index (χ2n) is 2.54. The predicted molar refractivity (Wildman–Crippen MR) is 51.6 cm³/mol. The zero-order chi connectivity index (χ0) is 9.84. The Bertz CT molecular complexity index is 362. The van der Waals surface area contributed by atoms with E-state index in [0.717, 1.165) is 0 Å². The highest BCUT2D eigenvalue weighted by atomic mass is 35.5. The first-order valence-electron chi connectivity index (χ1n) is 3.68. The van der Waals surface area contributed by atoms with E-state index >= 15 is 0 Å². The van der Waals surface area contributed by atoms with Crippen molar-refractivity contribution in [3.8, 4) is 12.3 Å². The van der Waals surface area contributed by atoms with Gasteiger partial charge in [0.1, 0.15) is 5.69 Å². The highest BCUT2D eigenvalue weighted by molar-refractivity contribution is 6.31. The van der Waals surface area contributed by atoms with Crippen molar-refractivity contribution >= 4 is 17.5 Å². The van der Waals surface area contributed by atoms with Crippen LogP contribution in [-0.4, -0.2) is 17.0 Å². The van der Waals surface area contributed by atoms with E-state index in [-0.39, 0.29) is 12.5 Å². The lowest BCUT2D eigenvalue weighted by atomic mass is 10.4. The van der Waals surface area contributed by atoms with Gasteiger partial charge in [-0.05, 0) is 6.07 Å². The first-order chi connectivity index (χ1) is 6.15. The molecule has 0 aromatic carbocycles. The van der Waals surface area contributed by atoms with E-state index in [1.54, 1.807) is 23.9 Å². The van der Waals surface area contributed by atoms with Gasteiger partial charge in [-0.15, -0.1) is 6.42 Å². The molecule has 1 aromatic rings. The number of nitrogens with zero attached hydrogens (tertiary/aromatic N) is 1. The Labute approximate surface area is 81.7 Å². The number of amides is 1. The van der Waals surface area contributed by atoms with E-state index in [0.29, 0.717) is 10.7 Å². The fourth-order valence-electron chi connectivity index (χ4n) is 0.972. The molecule has 0 radical (unpaired) electrons. The molecule has 1 rings (SSSR count). The number of hydrogen-bond acceptors (Lipinski definition) is 1. The van der Waals surface area contributed by atoms with Crippen molar-refractivity contribution in [3.05, 3.63) is 23.0 Å². The topological polar surface area (TPSA) is 34.0 Å². The van der Waals surface area contributed by atoms with Crippen LogP contribution in [0.2, 0.25) is 5.02 Å². The molecule has 0 fully saturated rings. The molecule has 1 heterocycles. The first-order valence-corrected chi connectivity index (χ1v) is 4.06. The molecule has 1 amide bonds. The van der Waals surface area contributed by atoms with Gasteiger partial charge in [0, 0.05) is 13.2 Å². The molecule has 0 saturated carbocycles. The van der Waals surface area contributed by atoms with E-state index in [2.05, 4.69) is 11.2 Å². The third-order valence-corrected chi connectivity index (χ3v) is 1.76. The van der Waals surface area contributed by atoms with Crippen LogP contribution in [-0.2, 0) is 7.05 Å². The molecule has 0 aliphatic rings. The Balaban J connectivity index is 2.78. The summed E-state index contributed by atoms with van der Waals surface area (Å²) in [5.74, 6) is 2.11. The molecule has 0 bridgehead atoms. The van der Waals surface area contributed by atoms with Gasteiger partial charge in [0.15, 0.2) is 0 Å². The van der Waals surface area contributed by atoms with Crippen LogP contribution in [0.15, 0.2) is 12.3 Å². The van der Waals surface area contributed by atoms with E-state index in [1.807, 2.05) is 0 Å². The third-order valence-electron chi connectivity index (χ3n) is 1.56. The molecule has 0 aliphatic carbocycles. The zero-order valence-corrected chi connectivity index (χ0v) is 7.93. The minimum atomic E-state index is -0.215. The second-order valence-corrected chi connectivity index (χ2v) is 2.98. The van der Waals surface area contributed by atoms with Gasteiger partial charge in [-0.25, -0.2) is 0 Å². The highest BCUT2D eigenvalue weighted by Gasteiger charge is 2.09. The van der Waals surface area contributed by atoms with Crippen LogP contribution in [0.4, 0.5) is 0 Å². The number of carbonyl (C=O) groups is 1. The SMILES string of the molecule is C#CCNC(=O)c1cc(Cl)cn1C. The van der Waals surface area contributed by atoms with Crippen LogP contribution in [0.25, 0.3) is 0 Å². The Kier molecular flexibility index (Phi) is 2.99. The lowest BCUT2D eigenvalue weighted by Gasteiger charge is -2.01. The molecule has 4 heteroatoms. The third kappa shape index (κ3) is 2.27. The largest absolute Gasteiger partial charge is 0.345 e. The zero-order valence-electron chi connectivity index (χ0n) is 7.17. The number of terminal acetylenes is 1. The molecular formula is C9H9ClN2O. The monoisotopic (exact) mass is 196 g/mol. The summed E-state index contributed by atoms with van der Waals surface area (Å²) in [6, 6.07) is 1.59. The molecular weight excluding hydrogens is 188 g/mol. The molecule has 1 N–H and O–H groups in total. The van der Waals surface area contributed by atoms with Gasteiger partial charge < -0.3 is 9.88 Å². The number of hydrogen-bond donors (Lipinski definition) is 1. The van der Waals surface area contributed by atoms with Gasteiger partial charge >= 0.3 is 0 Å². The average molecular weight is 197 g/mol. The minimum Gasteiger partial charge on any atom is -0.345 e. The van der Waals surface area contributed by atoms with Crippen LogP contribution in [0.3, 0.4) is 0 Å². The summed E-state index contributed by atoms with van der Waals surface area (Å²) in [4.78, 5) is 11.4. The maximum atomic E-state index is 11.4. The van der Waals surface area contributed by atoms with Crippen LogP contribution in [0.1, 0.15) is 10.5 Å². The Morgan fingerprint density at radius 1 is 1.85 bits per heavy atom. The Morgan fingerprint density at radius 2 is 2.54 bits per heavy atom. The number of rotatable bonds is 2. The summed E-state index contributed by atoms with van der Waals surface area (Å²) in [5.41, 5.74) is 0.500. The predicted octanol–water partition coefficient (Wildman–Crippen LogP) is 1.04. The summed E-state index contributed by atoms with van der Waals surface area (Å²) in [5, 5.41) is 3.08. The number of nitrogens with one attached hydrogen (secondary N) is 1. The Morgan fingerprint density at radius 3 is 3.00 bits per heavy atom. The van der Waals surface area contributed by atoms with Crippen molar-refractivity contribution in [2.75, 3.05) is 6.54 Å². The Hall–Kier alpha value is -1.40. The van der Waals surface area contributed by atoms with E-state index < -0.39 is 0 Å². The van der Waals surface area contributed by atoms with Gasteiger partial charge in [-0.2, -0.15) is 0 Å². The van der Waals surface area contributed by atoms with Crippen LogP contribution >= 0.6 is 11.6 Å².